The summed E-state index contributed by atoms with van der Waals surface area (Å²) in [5, 5.41) is -0.826. The zero-order valence-electron chi connectivity index (χ0n) is 25.3. The molecule has 0 saturated heterocycles. The first-order valence-electron chi connectivity index (χ1n) is 14.2. The summed E-state index contributed by atoms with van der Waals surface area (Å²) in [5.74, 6) is -2.28. The number of aromatic nitrogens is 2. The Morgan fingerprint density at radius 2 is 1.54 bits per heavy atom. The van der Waals surface area contributed by atoms with E-state index in [0.717, 1.165) is 16.3 Å². The Kier molecular flexibility index (Phi) is 9.23. The zero-order chi connectivity index (χ0) is 35.0. The van der Waals surface area contributed by atoms with Gasteiger partial charge < -0.3 is 14.5 Å². The topological polar surface area (TPSA) is 119 Å². The van der Waals surface area contributed by atoms with Gasteiger partial charge >= 0.3 is 12.4 Å². The monoisotopic (exact) mass is 695 g/mol. The van der Waals surface area contributed by atoms with Crippen molar-refractivity contribution in [2.75, 3.05) is 13.2 Å². The van der Waals surface area contributed by atoms with Crippen LogP contribution in [0.15, 0.2) is 71.8 Å². The number of aryl methyl sites for hydroxylation is 2. The minimum absolute atomic E-state index is 0.122. The molecule has 0 atom stereocenters. The lowest BCUT2D eigenvalue weighted by atomic mass is 10.1. The van der Waals surface area contributed by atoms with Crippen molar-refractivity contribution in [3.8, 4) is 17.2 Å². The Hall–Kier alpha value is -4.99. The molecule has 254 valence electrons. The molecule has 9 nitrogen and oxygen atoms in total. The summed E-state index contributed by atoms with van der Waals surface area (Å²) >= 11 is 0. The number of alkyl halides is 6. The third-order valence-corrected chi connectivity index (χ3v) is 8.53. The Balaban J connectivity index is 1.53. The van der Waals surface area contributed by atoms with Crippen LogP contribution in [0.2, 0.25) is 0 Å². The van der Waals surface area contributed by atoms with Crippen molar-refractivity contribution >= 4 is 37.6 Å². The molecule has 2 heterocycles. The minimum Gasteiger partial charge on any atom is -0.483 e. The van der Waals surface area contributed by atoms with Crippen LogP contribution in [0.5, 0.6) is 11.5 Å². The third-order valence-electron chi connectivity index (χ3n) is 7.28. The predicted octanol–water partition coefficient (Wildman–Crippen LogP) is 6.16. The molecule has 16 heteroatoms. The number of sulfonamides is 1. The van der Waals surface area contributed by atoms with E-state index in [0.29, 0.717) is 11.1 Å². The number of benzene rings is 3. The first kappa shape index (κ1) is 34.3. The summed E-state index contributed by atoms with van der Waals surface area (Å²) in [6.07, 6.45) is -7.31. The van der Waals surface area contributed by atoms with E-state index in [1.165, 1.54) is 43.5 Å². The number of carbonyl (C=O) groups excluding carboxylic acids is 1. The highest BCUT2D eigenvalue weighted by atomic mass is 32.2. The molecule has 0 aliphatic heterocycles. The summed E-state index contributed by atoms with van der Waals surface area (Å²) in [5.41, 5.74) is 1.14. The van der Waals surface area contributed by atoms with Crippen molar-refractivity contribution in [1.29, 1.82) is 0 Å². The van der Waals surface area contributed by atoms with E-state index in [-0.39, 0.29) is 34.0 Å². The Bertz CT molecular complexity index is 2190. The predicted molar refractivity (Wildman–Crippen MR) is 165 cm³/mol. The highest BCUT2D eigenvalue weighted by molar-refractivity contribution is 7.89. The van der Waals surface area contributed by atoms with Gasteiger partial charge in [0.05, 0.1) is 34.2 Å². The fourth-order valence-electron chi connectivity index (χ4n) is 5.27. The summed E-state index contributed by atoms with van der Waals surface area (Å²) < 4.78 is 118. The van der Waals surface area contributed by atoms with E-state index in [2.05, 4.69) is 4.98 Å². The first-order valence-corrected chi connectivity index (χ1v) is 15.8. The Morgan fingerprint density at radius 3 is 2.19 bits per heavy atom. The molecule has 5 rings (SSSR count). The average molecular weight is 696 g/mol. The molecule has 2 aromatic heterocycles. The van der Waals surface area contributed by atoms with Crippen LogP contribution in [-0.2, 0) is 27.0 Å². The van der Waals surface area contributed by atoms with E-state index < -0.39 is 69.7 Å². The van der Waals surface area contributed by atoms with Crippen molar-refractivity contribution in [2.45, 2.75) is 38.4 Å². The van der Waals surface area contributed by atoms with Gasteiger partial charge in [-0.25, -0.2) is 8.42 Å². The number of nitrogens with zero attached hydrogens (tertiary/aromatic N) is 1. The molecule has 3 aromatic carbocycles. The lowest BCUT2D eigenvalue weighted by Crippen LogP contribution is -2.33. The quantitative estimate of drug-likeness (QED) is 0.169. The van der Waals surface area contributed by atoms with E-state index in [1.54, 1.807) is 31.2 Å². The van der Waals surface area contributed by atoms with Crippen molar-refractivity contribution in [1.82, 2.24) is 14.3 Å². The number of H-pyrrole nitrogens is 1. The number of hydrogen-bond donors (Lipinski definition) is 2. The van der Waals surface area contributed by atoms with Gasteiger partial charge in [-0.2, -0.15) is 26.3 Å². The third kappa shape index (κ3) is 7.75. The molecule has 0 fully saturated rings. The molecule has 0 aliphatic carbocycles. The highest BCUT2D eigenvalue weighted by Crippen LogP contribution is 2.42. The van der Waals surface area contributed by atoms with Crippen LogP contribution in [0.3, 0.4) is 0 Å². The van der Waals surface area contributed by atoms with Crippen LogP contribution < -0.4 is 19.8 Å². The molecule has 0 aliphatic rings. The fourth-order valence-corrected chi connectivity index (χ4v) is 6.38. The van der Waals surface area contributed by atoms with E-state index in [4.69, 9.17) is 9.47 Å². The first-order chi connectivity index (χ1) is 22.4. The fraction of sp³-hybridized carbons (Fsp3) is 0.250. The van der Waals surface area contributed by atoms with Crippen molar-refractivity contribution in [2.24, 2.45) is 0 Å². The summed E-state index contributed by atoms with van der Waals surface area (Å²) in [6, 6.07) is 13.8. The maximum atomic E-state index is 13.8. The van der Waals surface area contributed by atoms with Gasteiger partial charge in [-0.15, -0.1) is 0 Å². The van der Waals surface area contributed by atoms with Crippen LogP contribution in [0.4, 0.5) is 26.3 Å². The molecule has 48 heavy (non-hydrogen) atoms. The molecule has 0 bridgehead atoms. The summed E-state index contributed by atoms with van der Waals surface area (Å²) in [7, 11) is -4.15. The molecule has 5 aromatic rings. The minimum atomic E-state index is -4.80. The number of rotatable bonds is 10. The lowest BCUT2D eigenvalue weighted by molar-refractivity contribution is -0.154. The number of carbonyl (C=O) groups is 1. The molecule has 0 unspecified atom stereocenters. The summed E-state index contributed by atoms with van der Waals surface area (Å²) in [6.45, 7) is -0.232. The molecule has 1 amide bonds. The lowest BCUT2D eigenvalue weighted by Gasteiger charge is -2.16. The van der Waals surface area contributed by atoms with Crippen LogP contribution in [0.25, 0.3) is 27.4 Å². The van der Waals surface area contributed by atoms with Gasteiger partial charge in [0.2, 0.25) is 15.9 Å². The average Bonchev–Trinajstić information content (AvgIpc) is 3.30. The number of hydrogen-bond acceptors (Lipinski definition) is 6. The summed E-state index contributed by atoms with van der Waals surface area (Å²) in [4.78, 5) is 28.9. The van der Waals surface area contributed by atoms with Crippen molar-refractivity contribution in [3.05, 3.63) is 99.6 Å². The maximum absolute atomic E-state index is 13.8. The second-order valence-corrected chi connectivity index (χ2v) is 12.7. The molecule has 0 saturated carbocycles. The number of fused-ring (bicyclic) bond motifs is 2. The van der Waals surface area contributed by atoms with Gasteiger partial charge in [-0.05, 0) is 54.3 Å². The normalized spacial score (nSPS) is 12.4. The van der Waals surface area contributed by atoms with Crippen LogP contribution in [0, 0.1) is 13.8 Å². The van der Waals surface area contributed by atoms with Crippen LogP contribution in [0.1, 0.15) is 22.3 Å². The largest absolute Gasteiger partial charge is 0.483 e. The standard InChI is InChI=1S/C32H27F6N3O6S/c1-18-6-3-4-7-21(18)13-25(42)40-48(44,45)15-20-9-10-24(19(2)12-20)41-14-23-26(30(41)43)28(46-16-31(33,34)35)22-8-5-11-39-27(22)29(23)47-17-32(36,37)38/h3-12,14,39H,13,15-17H2,1-2H3,(H,40,42). The molecule has 2 N–H and O–H groups in total. The SMILES string of the molecule is Cc1ccccc1CC(=O)NS(=O)(=O)Cc1ccc(-n2cc3c(OCC(F)(F)F)c4[nH]cccc4c(OCC(F)(F)F)c3c2=O)c(C)c1. The molecule has 0 radical (unpaired) electrons. The number of halogens is 6. The second kappa shape index (κ2) is 12.9. The van der Waals surface area contributed by atoms with Gasteiger partial charge in [0, 0.05) is 17.8 Å². The van der Waals surface area contributed by atoms with Crippen molar-refractivity contribution < 1.29 is 49.0 Å². The smallest absolute Gasteiger partial charge is 0.422 e. The van der Waals surface area contributed by atoms with Gasteiger partial charge in [-0.3, -0.25) is 18.9 Å². The van der Waals surface area contributed by atoms with Gasteiger partial charge in [0.1, 0.15) is 5.75 Å². The number of pyridine rings is 1. The van der Waals surface area contributed by atoms with E-state index in [9.17, 15) is 44.3 Å². The van der Waals surface area contributed by atoms with Crippen molar-refractivity contribution in [3.63, 3.8) is 0 Å². The Morgan fingerprint density at radius 1 is 0.875 bits per heavy atom. The molecular weight excluding hydrogens is 668 g/mol. The van der Waals surface area contributed by atoms with Crippen LogP contribution in [-0.4, -0.2) is 49.4 Å². The highest BCUT2D eigenvalue weighted by Gasteiger charge is 2.33. The number of nitrogens with one attached hydrogen (secondary N) is 2. The van der Waals surface area contributed by atoms with Gasteiger partial charge in [-0.1, -0.05) is 36.4 Å². The van der Waals surface area contributed by atoms with Gasteiger partial charge in [0.15, 0.2) is 19.0 Å². The number of aromatic amines is 1. The zero-order valence-corrected chi connectivity index (χ0v) is 26.1. The van der Waals surface area contributed by atoms with Crippen LogP contribution >= 0.6 is 0 Å². The van der Waals surface area contributed by atoms with E-state index in [1.807, 2.05) is 4.72 Å². The number of ether oxygens (including phenoxy) is 2. The molecular formula is C32H27F6N3O6S. The van der Waals surface area contributed by atoms with Gasteiger partial charge in [0.25, 0.3) is 5.56 Å². The number of amides is 1. The second-order valence-electron chi connectivity index (χ2n) is 11.0. The molecule has 0 spiro atoms. The van der Waals surface area contributed by atoms with E-state index >= 15 is 0 Å². The maximum Gasteiger partial charge on any atom is 0.422 e. The Labute approximate surface area is 269 Å².